The number of benzene rings is 2. The summed E-state index contributed by atoms with van der Waals surface area (Å²) in [5, 5.41) is 3.85. The highest BCUT2D eigenvalue weighted by molar-refractivity contribution is 7.99. The zero-order valence-electron chi connectivity index (χ0n) is 16.9. The number of nitrogens with zero attached hydrogens (tertiary/aromatic N) is 1. The highest BCUT2D eigenvalue weighted by atomic mass is 35.5. The lowest BCUT2D eigenvalue weighted by Gasteiger charge is -2.13. The maximum atomic E-state index is 12.6. The molecule has 6 nitrogen and oxygen atoms in total. The van der Waals surface area contributed by atoms with Crippen molar-refractivity contribution in [3.8, 4) is 5.75 Å². The molecule has 0 radical (unpaired) electrons. The van der Waals surface area contributed by atoms with Crippen LogP contribution in [-0.2, 0) is 11.2 Å². The van der Waals surface area contributed by atoms with Gasteiger partial charge in [-0.05, 0) is 37.6 Å². The number of aromatic nitrogens is 2. The SMILES string of the molecule is COc1ccc(Cl)cc1NC(=O)Cc1c(C)nc(SC(C)c2ccccc2)[nH]c1=O. The smallest absolute Gasteiger partial charge is 0.255 e. The zero-order chi connectivity index (χ0) is 21.7. The predicted octanol–water partition coefficient (Wildman–Crippen LogP) is 4.77. The third-order valence-corrected chi connectivity index (χ3v) is 5.81. The van der Waals surface area contributed by atoms with E-state index >= 15 is 0 Å². The summed E-state index contributed by atoms with van der Waals surface area (Å²) in [6.07, 6.45) is -0.108. The minimum Gasteiger partial charge on any atom is -0.495 e. The first-order valence-electron chi connectivity index (χ1n) is 9.32. The Morgan fingerprint density at radius 3 is 2.67 bits per heavy atom. The van der Waals surface area contributed by atoms with Gasteiger partial charge in [0.05, 0.1) is 19.2 Å². The van der Waals surface area contributed by atoms with Gasteiger partial charge in [-0.2, -0.15) is 0 Å². The minimum absolute atomic E-state index is 0.108. The Labute approximate surface area is 184 Å². The average Bonchev–Trinajstić information content (AvgIpc) is 2.71. The largest absolute Gasteiger partial charge is 0.495 e. The number of hydrogen-bond donors (Lipinski definition) is 2. The van der Waals surface area contributed by atoms with E-state index in [-0.39, 0.29) is 23.1 Å². The first-order chi connectivity index (χ1) is 14.4. The lowest BCUT2D eigenvalue weighted by Crippen LogP contribution is -2.24. The van der Waals surface area contributed by atoms with Crippen LogP contribution >= 0.6 is 23.4 Å². The number of methoxy groups -OCH3 is 1. The van der Waals surface area contributed by atoms with Gasteiger partial charge in [0.2, 0.25) is 5.91 Å². The number of carbonyl (C=O) groups excluding carboxylic acids is 1. The number of amides is 1. The van der Waals surface area contributed by atoms with Crippen LogP contribution in [-0.4, -0.2) is 23.0 Å². The number of carbonyl (C=O) groups is 1. The number of ether oxygens (including phenoxy) is 1. The predicted molar refractivity (Wildman–Crippen MR) is 121 cm³/mol. The lowest BCUT2D eigenvalue weighted by atomic mass is 10.1. The molecule has 2 N–H and O–H groups in total. The van der Waals surface area contributed by atoms with Gasteiger partial charge in [0.15, 0.2) is 5.16 Å². The Balaban J connectivity index is 1.73. The number of anilines is 1. The number of nitrogens with one attached hydrogen (secondary N) is 2. The van der Waals surface area contributed by atoms with Gasteiger partial charge in [0.25, 0.3) is 5.56 Å². The molecule has 8 heteroatoms. The van der Waals surface area contributed by atoms with E-state index in [1.54, 1.807) is 25.1 Å². The van der Waals surface area contributed by atoms with Crippen LogP contribution in [0.3, 0.4) is 0 Å². The van der Waals surface area contributed by atoms with Crippen LogP contribution in [0.15, 0.2) is 58.5 Å². The first kappa shape index (κ1) is 21.9. The fourth-order valence-electron chi connectivity index (χ4n) is 2.94. The standard InChI is InChI=1S/C22H22ClN3O3S/c1-13-17(12-20(27)25-18-11-16(23)9-10-19(18)29-3)21(28)26-22(24-13)30-14(2)15-7-5-4-6-8-15/h4-11,14H,12H2,1-3H3,(H,25,27)(H,24,26,28). The second-order valence-corrected chi connectivity index (χ2v) is 8.44. The van der Waals surface area contributed by atoms with Crippen molar-refractivity contribution >= 4 is 35.0 Å². The summed E-state index contributed by atoms with van der Waals surface area (Å²) in [5.41, 5.74) is 2.11. The van der Waals surface area contributed by atoms with Crippen molar-refractivity contribution in [1.29, 1.82) is 0 Å². The third-order valence-electron chi connectivity index (χ3n) is 4.53. The fraction of sp³-hybridized carbons (Fsp3) is 0.227. The van der Waals surface area contributed by atoms with E-state index in [2.05, 4.69) is 22.2 Å². The van der Waals surface area contributed by atoms with Gasteiger partial charge in [-0.3, -0.25) is 9.59 Å². The summed E-state index contributed by atoms with van der Waals surface area (Å²) in [6.45, 7) is 3.78. The van der Waals surface area contributed by atoms with Crippen molar-refractivity contribution in [3.05, 3.63) is 80.7 Å². The van der Waals surface area contributed by atoms with E-state index in [1.807, 2.05) is 30.3 Å². The van der Waals surface area contributed by atoms with Gasteiger partial charge in [-0.1, -0.05) is 53.7 Å². The van der Waals surface area contributed by atoms with Crippen LogP contribution in [0.2, 0.25) is 5.02 Å². The molecule has 1 amide bonds. The first-order valence-corrected chi connectivity index (χ1v) is 10.6. The van der Waals surface area contributed by atoms with Crippen molar-refractivity contribution in [2.24, 2.45) is 0 Å². The van der Waals surface area contributed by atoms with Crippen LogP contribution in [0.25, 0.3) is 0 Å². The Bertz CT molecular complexity index is 1100. The van der Waals surface area contributed by atoms with E-state index in [0.29, 0.717) is 32.9 Å². The normalized spacial score (nSPS) is 11.7. The van der Waals surface area contributed by atoms with E-state index in [1.165, 1.54) is 18.9 Å². The Morgan fingerprint density at radius 1 is 1.27 bits per heavy atom. The number of thioether (sulfide) groups is 1. The Morgan fingerprint density at radius 2 is 2.00 bits per heavy atom. The fourth-order valence-corrected chi connectivity index (χ4v) is 4.08. The van der Waals surface area contributed by atoms with Gasteiger partial charge in [-0.25, -0.2) is 4.98 Å². The number of aryl methyl sites for hydroxylation is 1. The molecule has 0 bridgehead atoms. The van der Waals surface area contributed by atoms with Crippen molar-refractivity contribution < 1.29 is 9.53 Å². The highest BCUT2D eigenvalue weighted by Gasteiger charge is 2.16. The molecule has 0 saturated heterocycles. The number of hydrogen-bond acceptors (Lipinski definition) is 5. The summed E-state index contributed by atoms with van der Waals surface area (Å²) in [7, 11) is 1.50. The average molecular weight is 444 g/mol. The lowest BCUT2D eigenvalue weighted by molar-refractivity contribution is -0.115. The summed E-state index contributed by atoms with van der Waals surface area (Å²) in [4.78, 5) is 32.4. The molecule has 3 aromatic rings. The van der Waals surface area contributed by atoms with Gasteiger partial charge >= 0.3 is 0 Å². The van der Waals surface area contributed by atoms with E-state index in [0.717, 1.165) is 5.56 Å². The molecule has 0 aliphatic rings. The number of aromatic amines is 1. The topological polar surface area (TPSA) is 84.1 Å². The number of H-pyrrole nitrogens is 1. The van der Waals surface area contributed by atoms with E-state index in [9.17, 15) is 9.59 Å². The van der Waals surface area contributed by atoms with Crippen molar-refractivity contribution in [2.75, 3.05) is 12.4 Å². The van der Waals surface area contributed by atoms with Crippen LogP contribution < -0.4 is 15.6 Å². The molecular weight excluding hydrogens is 422 g/mol. The van der Waals surface area contributed by atoms with Gasteiger partial charge in [-0.15, -0.1) is 0 Å². The maximum Gasteiger partial charge on any atom is 0.255 e. The highest BCUT2D eigenvalue weighted by Crippen LogP contribution is 2.32. The number of halogens is 1. The Hall–Kier alpha value is -2.77. The van der Waals surface area contributed by atoms with Gasteiger partial charge < -0.3 is 15.0 Å². The number of rotatable bonds is 7. The summed E-state index contributed by atoms with van der Waals surface area (Å²) >= 11 is 7.46. The third kappa shape index (κ3) is 5.43. The molecule has 1 atom stereocenters. The molecule has 2 aromatic carbocycles. The molecular formula is C22H22ClN3O3S. The maximum absolute atomic E-state index is 12.6. The molecule has 0 spiro atoms. The van der Waals surface area contributed by atoms with Crippen LogP contribution in [0.5, 0.6) is 5.75 Å². The Kier molecular flexibility index (Phi) is 7.18. The molecule has 0 aliphatic heterocycles. The molecule has 0 saturated carbocycles. The minimum atomic E-state index is -0.357. The molecule has 1 unspecified atom stereocenters. The van der Waals surface area contributed by atoms with Crippen molar-refractivity contribution in [2.45, 2.75) is 30.7 Å². The van der Waals surface area contributed by atoms with Gasteiger partial charge in [0, 0.05) is 21.5 Å². The molecule has 1 heterocycles. The summed E-state index contributed by atoms with van der Waals surface area (Å²) in [5.74, 6) is 0.127. The quantitative estimate of drug-likeness (QED) is 0.405. The second kappa shape index (κ2) is 9.82. The van der Waals surface area contributed by atoms with Crippen LogP contribution in [0, 0.1) is 6.92 Å². The monoisotopic (exact) mass is 443 g/mol. The molecule has 3 rings (SSSR count). The van der Waals surface area contributed by atoms with Crippen molar-refractivity contribution in [1.82, 2.24) is 9.97 Å². The van der Waals surface area contributed by atoms with Gasteiger partial charge in [0.1, 0.15) is 5.75 Å². The molecule has 156 valence electrons. The van der Waals surface area contributed by atoms with E-state index < -0.39 is 0 Å². The summed E-state index contributed by atoms with van der Waals surface area (Å²) in [6, 6.07) is 14.9. The molecule has 0 fully saturated rings. The van der Waals surface area contributed by atoms with Crippen molar-refractivity contribution in [3.63, 3.8) is 0 Å². The van der Waals surface area contributed by atoms with Crippen LogP contribution in [0.4, 0.5) is 5.69 Å². The summed E-state index contributed by atoms with van der Waals surface area (Å²) < 4.78 is 5.23. The molecule has 1 aromatic heterocycles. The zero-order valence-corrected chi connectivity index (χ0v) is 18.4. The molecule has 30 heavy (non-hydrogen) atoms. The molecule has 0 aliphatic carbocycles. The van der Waals surface area contributed by atoms with E-state index in [4.69, 9.17) is 16.3 Å². The second-order valence-electron chi connectivity index (χ2n) is 6.68. The van der Waals surface area contributed by atoms with Crippen LogP contribution in [0.1, 0.15) is 29.0 Å².